The first-order valence-corrected chi connectivity index (χ1v) is 17.0. The van der Waals surface area contributed by atoms with Crippen molar-refractivity contribution >= 4 is 0 Å². The van der Waals surface area contributed by atoms with Crippen LogP contribution in [0.25, 0.3) is 0 Å². The topological polar surface area (TPSA) is 71.0 Å². The lowest BCUT2D eigenvalue weighted by atomic mass is 10.0. The van der Waals surface area contributed by atoms with E-state index in [4.69, 9.17) is 9.47 Å². The van der Waals surface area contributed by atoms with Crippen LogP contribution in [-0.2, 0) is 9.47 Å². The fourth-order valence-electron chi connectivity index (χ4n) is 5.57. The van der Waals surface area contributed by atoms with Crippen LogP contribution >= 0.6 is 0 Å². The maximum Gasteiger partial charge on any atom is 0.0772 e. The molecule has 0 aromatic rings. The summed E-state index contributed by atoms with van der Waals surface area (Å²) in [6.07, 6.45) is 27.6. The molecular weight excluding hydrogens is 474 g/mol. The van der Waals surface area contributed by atoms with Crippen molar-refractivity contribution in [2.75, 3.05) is 26.4 Å². The van der Waals surface area contributed by atoms with E-state index in [9.17, 15) is 10.2 Å². The van der Waals surface area contributed by atoms with Gasteiger partial charge in [-0.3, -0.25) is 0 Å². The largest absolute Gasteiger partial charge is 0.393 e. The predicted molar refractivity (Wildman–Crippen MR) is 162 cm³/mol. The first-order chi connectivity index (χ1) is 18.7. The first kappa shape index (κ1) is 35.8. The van der Waals surface area contributed by atoms with E-state index in [-0.39, 0.29) is 24.4 Å². The molecule has 3 N–H and O–H groups in total. The minimum absolute atomic E-state index is 0.137. The van der Waals surface area contributed by atoms with Crippen LogP contribution in [0, 0.1) is 0 Å². The smallest absolute Gasteiger partial charge is 0.0772 e. The van der Waals surface area contributed by atoms with Gasteiger partial charge < -0.3 is 25.0 Å². The molecule has 1 fully saturated rings. The van der Waals surface area contributed by atoms with E-state index in [0.717, 1.165) is 58.1 Å². The molecule has 0 aromatic heterocycles. The van der Waals surface area contributed by atoms with Crippen molar-refractivity contribution in [3.63, 3.8) is 0 Å². The Hall–Kier alpha value is -0.200. The van der Waals surface area contributed by atoms with Gasteiger partial charge in [0.15, 0.2) is 0 Å². The third-order valence-corrected chi connectivity index (χ3v) is 8.24. The number of ether oxygens (including phenoxy) is 2. The molecule has 0 saturated carbocycles. The molecule has 0 spiro atoms. The van der Waals surface area contributed by atoms with Gasteiger partial charge in [-0.1, -0.05) is 129 Å². The average molecular weight is 542 g/mol. The fourth-order valence-corrected chi connectivity index (χ4v) is 5.57. The number of aliphatic hydroxyl groups excluding tert-OH is 2. The van der Waals surface area contributed by atoms with Crippen molar-refractivity contribution in [2.45, 2.75) is 186 Å². The van der Waals surface area contributed by atoms with Gasteiger partial charge in [-0.25, -0.2) is 0 Å². The fraction of sp³-hybridized carbons (Fsp3) is 1.00. The molecule has 228 valence electrons. The molecule has 1 aliphatic heterocycles. The van der Waals surface area contributed by atoms with Crippen LogP contribution in [0.5, 0.6) is 0 Å². The molecule has 1 rings (SSSR count). The van der Waals surface area contributed by atoms with E-state index in [0.29, 0.717) is 13.2 Å². The molecule has 0 aliphatic carbocycles. The lowest BCUT2D eigenvalue weighted by molar-refractivity contribution is -0.0628. The summed E-state index contributed by atoms with van der Waals surface area (Å²) in [5.74, 6) is 0. The summed E-state index contributed by atoms with van der Waals surface area (Å²) in [6, 6.07) is 0.179. The Morgan fingerprint density at radius 3 is 1.66 bits per heavy atom. The van der Waals surface area contributed by atoms with Crippen molar-refractivity contribution in [1.29, 1.82) is 0 Å². The highest BCUT2D eigenvalue weighted by atomic mass is 16.5. The van der Waals surface area contributed by atoms with Gasteiger partial charge in [0.05, 0.1) is 31.0 Å². The average Bonchev–Trinajstić information content (AvgIpc) is 2.92. The van der Waals surface area contributed by atoms with Crippen LogP contribution in [0.2, 0.25) is 0 Å². The molecule has 0 bridgehead atoms. The standard InChI is InChI=1S/C33H67NO4/c1-3-5-7-9-11-13-15-17-19-21-30(35)23-26-34-32-29-37-27-25-33(32)38-28-24-31(36)22-20-18-16-14-12-10-8-6-4-2/h30-36H,3-29H2,1-2H3. The third kappa shape index (κ3) is 21.6. The first-order valence-electron chi connectivity index (χ1n) is 17.0. The molecule has 38 heavy (non-hydrogen) atoms. The molecule has 0 radical (unpaired) electrons. The van der Waals surface area contributed by atoms with Gasteiger partial charge in [0.25, 0.3) is 0 Å². The molecular formula is C33H67NO4. The molecule has 5 nitrogen and oxygen atoms in total. The van der Waals surface area contributed by atoms with Gasteiger partial charge >= 0.3 is 0 Å². The molecule has 5 heteroatoms. The van der Waals surface area contributed by atoms with Gasteiger partial charge in [-0.2, -0.15) is 0 Å². The molecule has 4 atom stereocenters. The van der Waals surface area contributed by atoms with Crippen molar-refractivity contribution in [3.05, 3.63) is 0 Å². The quantitative estimate of drug-likeness (QED) is 0.0873. The van der Waals surface area contributed by atoms with Crippen molar-refractivity contribution < 1.29 is 19.7 Å². The van der Waals surface area contributed by atoms with E-state index in [2.05, 4.69) is 19.2 Å². The molecule has 1 heterocycles. The monoisotopic (exact) mass is 542 g/mol. The van der Waals surface area contributed by atoms with Crippen molar-refractivity contribution in [2.24, 2.45) is 0 Å². The molecule has 0 amide bonds. The van der Waals surface area contributed by atoms with Gasteiger partial charge in [0.1, 0.15) is 0 Å². The van der Waals surface area contributed by atoms with Gasteiger partial charge in [0.2, 0.25) is 0 Å². The van der Waals surface area contributed by atoms with Gasteiger partial charge in [-0.05, 0) is 38.6 Å². The zero-order chi connectivity index (χ0) is 27.5. The van der Waals surface area contributed by atoms with Crippen LogP contribution in [0.3, 0.4) is 0 Å². The maximum absolute atomic E-state index is 10.4. The summed E-state index contributed by atoms with van der Waals surface area (Å²) in [7, 11) is 0. The zero-order valence-corrected chi connectivity index (χ0v) is 25.6. The van der Waals surface area contributed by atoms with E-state index in [1.54, 1.807) is 0 Å². The van der Waals surface area contributed by atoms with E-state index >= 15 is 0 Å². The zero-order valence-electron chi connectivity index (χ0n) is 25.6. The van der Waals surface area contributed by atoms with Crippen LogP contribution < -0.4 is 5.32 Å². The maximum atomic E-state index is 10.4. The summed E-state index contributed by atoms with van der Waals surface area (Å²) >= 11 is 0. The Morgan fingerprint density at radius 1 is 0.658 bits per heavy atom. The Bertz CT molecular complexity index is 436. The highest BCUT2D eigenvalue weighted by Crippen LogP contribution is 2.16. The number of hydrogen-bond acceptors (Lipinski definition) is 5. The minimum atomic E-state index is -0.248. The third-order valence-electron chi connectivity index (χ3n) is 8.24. The Labute approximate surface area is 237 Å². The van der Waals surface area contributed by atoms with Crippen LogP contribution in [0.15, 0.2) is 0 Å². The number of rotatable bonds is 28. The molecule has 1 saturated heterocycles. The highest BCUT2D eigenvalue weighted by Gasteiger charge is 2.26. The minimum Gasteiger partial charge on any atom is -0.393 e. The summed E-state index contributed by atoms with van der Waals surface area (Å²) in [4.78, 5) is 0. The number of aliphatic hydroxyl groups is 2. The summed E-state index contributed by atoms with van der Waals surface area (Å²) < 4.78 is 11.9. The summed E-state index contributed by atoms with van der Waals surface area (Å²) in [5, 5.41) is 24.3. The Kier molecular flexibility index (Phi) is 25.4. The molecule has 4 unspecified atom stereocenters. The summed E-state index contributed by atoms with van der Waals surface area (Å²) in [5.41, 5.74) is 0. The lowest BCUT2D eigenvalue weighted by Crippen LogP contribution is -2.49. The summed E-state index contributed by atoms with van der Waals surface area (Å²) in [6.45, 7) is 7.35. The Balaban J connectivity index is 2.01. The predicted octanol–water partition coefficient (Wildman–Crippen LogP) is 8.09. The second kappa shape index (κ2) is 27.0. The number of hydrogen-bond donors (Lipinski definition) is 3. The lowest BCUT2D eigenvalue weighted by Gasteiger charge is -2.32. The Morgan fingerprint density at radius 2 is 1.13 bits per heavy atom. The van der Waals surface area contributed by atoms with E-state index in [1.807, 2.05) is 0 Å². The number of nitrogens with one attached hydrogen (secondary N) is 1. The van der Waals surface area contributed by atoms with Crippen LogP contribution in [0.4, 0.5) is 0 Å². The van der Waals surface area contributed by atoms with Gasteiger partial charge in [0, 0.05) is 13.2 Å². The SMILES string of the molecule is CCCCCCCCCCCC(O)CCNC1COCCC1OCCC(O)CCCCCCCCCCC. The number of unbranched alkanes of at least 4 members (excludes halogenated alkanes) is 16. The van der Waals surface area contributed by atoms with Gasteiger partial charge in [-0.15, -0.1) is 0 Å². The van der Waals surface area contributed by atoms with E-state index in [1.165, 1.54) is 103 Å². The van der Waals surface area contributed by atoms with Crippen LogP contribution in [0.1, 0.15) is 162 Å². The highest BCUT2D eigenvalue weighted by molar-refractivity contribution is 4.81. The van der Waals surface area contributed by atoms with Crippen molar-refractivity contribution in [3.8, 4) is 0 Å². The molecule has 0 aromatic carbocycles. The van der Waals surface area contributed by atoms with Crippen molar-refractivity contribution in [1.82, 2.24) is 5.32 Å². The normalized spacial score (nSPS) is 19.6. The molecule has 1 aliphatic rings. The second-order valence-corrected chi connectivity index (χ2v) is 12.0. The second-order valence-electron chi connectivity index (χ2n) is 12.0. The van der Waals surface area contributed by atoms with E-state index < -0.39 is 0 Å². The van der Waals surface area contributed by atoms with Crippen LogP contribution in [-0.4, -0.2) is 60.9 Å².